The fraction of sp³-hybridized carbons (Fsp3) is 0.273. The summed E-state index contributed by atoms with van der Waals surface area (Å²) in [6.07, 6.45) is 2.09. The normalized spacial score (nSPS) is 7.93. The molecule has 0 atom stereocenters. The summed E-state index contributed by atoms with van der Waals surface area (Å²) in [5, 5.41) is 9.11. The van der Waals surface area contributed by atoms with Gasteiger partial charge in [0.2, 0.25) is 0 Å². The Hall–Kier alpha value is -0.726. The molecule has 0 aliphatic carbocycles. The van der Waals surface area contributed by atoms with Crippen molar-refractivity contribution in [1.29, 1.82) is 0 Å². The fourth-order valence-corrected chi connectivity index (χ4v) is 0.911. The largest absolute Gasteiger partial charge is 2.00 e. The summed E-state index contributed by atoms with van der Waals surface area (Å²) in [6, 6.07) is 5.08. The molecule has 0 saturated carbocycles. The van der Waals surface area contributed by atoms with Gasteiger partial charge in [-0.3, -0.25) is 6.29 Å². The van der Waals surface area contributed by atoms with Crippen LogP contribution in [0.5, 0.6) is 5.75 Å². The van der Waals surface area contributed by atoms with Crippen molar-refractivity contribution >= 4 is 6.29 Å². The molecular formula is C11H14O2V. The molecule has 0 aliphatic heterocycles. The fourth-order valence-electron chi connectivity index (χ4n) is 0.911. The maximum atomic E-state index is 9.98. The van der Waals surface area contributed by atoms with Gasteiger partial charge in [-0.15, -0.1) is 6.42 Å². The van der Waals surface area contributed by atoms with Crippen LogP contribution in [0, 0.1) is 13.8 Å². The zero-order chi connectivity index (χ0) is 10.3. The van der Waals surface area contributed by atoms with Crippen LogP contribution in [0.25, 0.3) is 0 Å². The van der Waals surface area contributed by atoms with E-state index in [1.54, 1.807) is 38.3 Å². The van der Waals surface area contributed by atoms with E-state index in [0.29, 0.717) is 6.42 Å². The molecule has 1 aromatic rings. The first-order chi connectivity index (χ1) is 6.24. The molecule has 1 rings (SSSR count). The van der Waals surface area contributed by atoms with Gasteiger partial charge in [-0.2, -0.15) is 6.92 Å². The third kappa shape index (κ3) is 5.10. The van der Waals surface area contributed by atoms with Crippen LogP contribution in [0.15, 0.2) is 18.2 Å². The Morgan fingerprint density at radius 1 is 1.43 bits per heavy atom. The third-order valence-electron chi connectivity index (χ3n) is 1.54. The molecule has 1 aromatic carbocycles. The molecule has 0 saturated heterocycles. The number of aryl methyl sites for hydroxylation is 1. The summed E-state index contributed by atoms with van der Waals surface area (Å²) < 4.78 is 0. The molecule has 14 heavy (non-hydrogen) atoms. The maximum absolute atomic E-state index is 9.98. The van der Waals surface area contributed by atoms with Gasteiger partial charge in [-0.1, -0.05) is 17.7 Å². The average molecular weight is 229 g/mol. The first-order valence-corrected chi connectivity index (χ1v) is 4.08. The Kier molecular flexibility index (Phi) is 9.95. The molecule has 1 radical (unpaired) electrons. The number of carbonyl (C=O) groups excluding carboxylic acids is 1. The van der Waals surface area contributed by atoms with E-state index >= 15 is 0 Å². The van der Waals surface area contributed by atoms with Crippen LogP contribution in [-0.4, -0.2) is 11.4 Å². The van der Waals surface area contributed by atoms with Gasteiger partial charge in [0, 0.05) is 0 Å². The SMILES string of the molecule is Cc1cc(C[C-]=O)ccc1O.[CH2-]C.[V+2]. The predicted octanol–water partition coefficient (Wildman–Crippen LogP) is 2.19. The number of phenols is 1. The van der Waals surface area contributed by atoms with Crippen LogP contribution < -0.4 is 0 Å². The molecule has 0 amide bonds. The Morgan fingerprint density at radius 2 is 2.00 bits per heavy atom. The smallest absolute Gasteiger partial charge is 0.541 e. The summed E-state index contributed by atoms with van der Waals surface area (Å²) in [6.45, 7) is 6.80. The van der Waals surface area contributed by atoms with Gasteiger partial charge in [0.25, 0.3) is 0 Å². The molecule has 0 spiro atoms. The number of phenolic OH excluding ortho intramolecular Hbond substituents is 1. The Morgan fingerprint density at radius 3 is 2.43 bits per heavy atom. The number of aromatic hydroxyl groups is 1. The van der Waals surface area contributed by atoms with Gasteiger partial charge in [0.15, 0.2) is 0 Å². The van der Waals surface area contributed by atoms with Crippen LogP contribution in [0.3, 0.4) is 0 Å². The monoisotopic (exact) mass is 229 g/mol. The summed E-state index contributed by atoms with van der Waals surface area (Å²) in [5.41, 5.74) is 1.67. The van der Waals surface area contributed by atoms with Crippen molar-refractivity contribution in [2.75, 3.05) is 0 Å². The molecule has 2 nitrogen and oxygen atoms in total. The van der Waals surface area contributed by atoms with Crippen molar-refractivity contribution in [3.8, 4) is 5.75 Å². The molecule has 0 aromatic heterocycles. The molecule has 0 unspecified atom stereocenters. The van der Waals surface area contributed by atoms with Crippen molar-refractivity contribution in [3.63, 3.8) is 0 Å². The van der Waals surface area contributed by atoms with Crippen molar-refractivity contribution in [3.05, 3.63) is 36.2 Å². The van der Waals surface area contributed by atoms with Crippen LogP contribution in [0.1, 0.15) is 18.1 Å². The number of hydrogen-bond acceptors (Lipinski definition) is 2. The number of hydrogen-bond donors (Lipinski definition) is 1. The van der Waals surface area contributed by atoms with Crippen LogP contribution in [-0.2, 0) is 29.8 Å². The predicted molar refractivity (Wildman–Crippen MR) is 53.3 cm³/mol. The molecule has 0 fully saturated rings. The second-order valence-electron chi connectivity index (χ2n) is 2.44. The molecule has 1 N–H and O–H groups in total. The van der Waals surface area contributed by atoms with Crippen LogP contribution in [0.2, 0.25) is 0 Å². The van der Waals surface area contributed by atoms with Gasteiger partial charge >= 0.3 is 18.6 Å². The first-order valence-electron chi connectivity index (χ1n) is 4.08. The van der Waals surface area contributed by atoms with E-state index in [2.05, 4.69) is 6.92 Å². The van der Waals surface area contributed by atoms with Crippen molar-refractivity contribution in [1.82, 2.24) is 0 Å². The Labute approximate surface area is 97.2 Å². The Balaban J connectivity index is 0. The van der Waals surface area contributed by atoms with Crippen molar-refractivity contribution in [2.24, 2.45) is 0 Å². The molecule has 0 bridgehead atoms. The topological polar surface area (TPSA) is 37.3 Å². The standard InChI is InChI=1S/C9H9O2.C2H5.V/c1-7-6-8(4-5-10)2-3-9(7)11;1-2;/h2-3,6,11H,4H2,1H3;1H2,2H3;/q2*-1;+2. The summed E-state index contributed by atoms with van der Waals surface area (Å²) >= 11 is 0. The third-order valence-corrected chi connectivity index (χ3v) is 1.54. The van der Waals surface area contributed by atoms with Crippen molar-refractivity contribution < 1.29 is 28.5 Å². The zero-order valence-electron chi connectivity index (χ0n) is 8.45. The van der Waals surface area contributed by atoms with E-state index in [9.17, 15) is 4.79 Å². The zero-order valence-corrected chi connectivity index (χ0v) is 9.85. The number of benzene rings is 1. The van der Waals surface area contributed by atoms with Gasteiger partial charge < -0.3 is 16.8 Å². The minimum absolute atomic E-state index is 0. The van der Waals surface area contributed by atoms with Gasteiger partial charge in [-0.05, 0) is 18.6 Å². The molecule has 3 heteroatoms. The van der Waals surface area contributed by atoms with Crippen LogP contribution >= 0.6 is 0 Å². The van der Waals surface area contributed by atoms with Crippen molar-refractivity contribution in [2.45, 2.75) is 20.3 Å². The summed E-state index contributed by atoms with van der Waals surface area (Å²) in [5.74, 6) is 0.264. The van der Waals surface area contributed by atoms with Gasteiger partial charge in [-0.25, -0.2) is 0 Å². The molecular weight excluding hydrogens is 215 g/mol. The second kappa shape index (κ2) is 8.85. The first kappa shape index (κ1) is 15.7. The molecule has 0 heterocycles. The quantitative estimate of drug-likeness (QED) is 0.789. The minimum atomic E-state index is 0. The maximum Gasteiger partial charge on any atom is 2.00 e. The van der Waals surface area contributed by atoms with E-state index in [0.717, 1.165) is 11.1 Å². The van der Waals surface area contributed by atoms with Gasteiger partial charge in [0.05, 0.1) is 0 Å². The summed E-state index contributed by atoms with van der Waals surface area (Å²) in [7, 11) is 0. The van der Waals surface area contributed by atoms with Gasteiger partial charge in [0.1, 0.15) is 5.75 Å². The van der Waals surface area contributed by atoms with E-state index in [1.165, 1.54) is 0 Å². The van der Waals surface area contributed by atoms with E-state index < -0.39 is 0 Å². The molecule has 75 valence electrons. The summed E-state index contributed by atoms with van der Waals surface area (Å²) in [4.78, 5) is 9.98. The number of rotatable bonds is 2. The van der Waals surface area contributed by atoms with Crippen LogP contribution in [0.4, 0.5) is 0 Å². The van der Waals surface area contributed by atoms with E-state index in [1.807, 2.05) is 0 Å². The second-order valence-corrected chi connectivity index (χ2v) is 2.44. The minimum Gasteiger partial charge on any atom is -0.541 e. The van der Waals surface area contributed by atoms with E-state index in [4.69, 9.17) is 5.11 Å². The Bertz CT molecular complexity index is 272. The average Bonchev–Trinajstić information content (AvgIpc) is 2.15. The van der Waals surface area contributed by atoms with E-state index in [-0.39, 0.29) is 24.3 Å². The molecule has 0 aliphatic rings.